The molecule has 0 amide bonds. The third kappa shape index (κ3) is 2.33. The van der Waals surface area contributed by atoms with Crippen molar-refractivity contribution in [3.8, 4) is 0 Å². The van der Waals surface area contributed by atoms with Crippen molar-refractivity contribution in [3.05, 3.63) is 23.0 Å². The molecule has 0 spiro atoms. The van der Waals surface area contributed by atoms with Gasteiger partial charge in [-0.3, -0.25) is 9.78 Å². The van der Waals surface area contributed by atoms with E-state index in [9.17, 15) is 4.79 Å². The van der Waals surface area contributed by atoms with Gasteiger partial charge in [0.15, 0.2) is 6.29 Å². The Balaban J connectivity index is 2.22. The van der Waals surface area contributed by atoms with Crippen LogP contribution in [-0.2, 0) is 0 Å². The average Bonchev–Trinajstić information content (AvgIpc) is 2.31. The fourth-order valence-electron chi connectivity index (χ4n) is 1.80. The van der Waals surface area contributed by atoms with Crippen molar-refractivity contribution in [1.29, 1.82) is 0 Å². The first-order valence-corrected chi connectivity index (χ1v) is 5.62. The molecule has 1 aliphatic rings. The molecule has 0 atom stereocenters. The fraction of sp³-hybridized carbons (Fsp3) is 0.455. The van der Waals surface area contributed by atoms with Crippen LogP contribution in [0.25, 0.3) is 0 Å². The number of aldehydes is 1. The molecule has 0 unspecified atom stereocenters. The molecule has 2 heterocycles. The Kier molecular flexibility index (Phi) is 3.41. The van der Waals surface area contributed by atoms with Crippen LogP contribution in [0, 0.1) is 0 Å². The molecule has 0 aliphatic carbocycles. The molecule has 0 saturated carbocycles. The van der Waals surface area contributed by atoms with Crippen molar-refractivity contribution in [2.75, 3.05) is 38.1 Å². The number of carbonyl (C=O) groups is 1. The topological polar surface area (TPSA) is 36.4 Å². The van der Waals surface area contributed by atoms with Crippen LogP contribution in [0.15, 0.2) is 12.3 Å². The Bertz CT molecular complexity index is 389. The average molecular weight is 240 g/mol. The second-order valence-corrected chi connectivity index (χ2v) is 4.38. The van der Waals surface area contributed by atoms with E-state index >= 15 is 0 Å². The first-order valence-electron chi connectivity index (χ1n) is 5.25. The number of piperazine rings is 1. The Morgan fingerprint density at radius 3 is 2.69 bits per heavy atom. The standard InChI is InChI=1S/C11H14ClN3O/c1-14-2-4-15(5-3-14)11-6-9(8-16)13-7-10(11)12/h6-8H,2-5H2,1H3. The van der Waals surface area contributed by atoms with Crippen molar-refractivity contribution >= 4 is 23.6 Å². The van der Waals surface area contributed by atoms with Crippen molar-refractivity contribution in [2.45, 2.75) is 0 Å². The number of likely N-dealkylation sites (N-methyl/N-ethyl adjacent to an activating group) is 1. The van der Waals surface area contributed by atoms with Gasteiger partial charge in [0, 0.05) is 32.4 Å². The zero-order valence-electron chi connectivity index (χ0n) is 9.19. The van der Waals surface area contributed by atoms with Crippen molar-refractivity contribution in [2.24, 2.45) is 0 Å². The third-order valence-corrected chi connectivity index (χ3v) is 3.11. The Morgan fingerprint density at radius 2 is 2.06 bits per heavy atom. The third-order valence-electron chi connectivity index (χ3n) is 2.82. The summed E-state index contributed by atoms with van der Waals surface area (Å²) in [5.74, 6) is 0. The number of halogens is 1. The monoisotopic (exact) mass is 239 g/mol. The van der Waals surface area contributed by atoms with Crippen molar-refractivity contribution in [3.63, 3.8) is 0 Å². The predicted molar refractivity (Wildman–Crippen MR) is 64.3 cm³/mol. The van der Waals surface area contributed by atoms with E-state index in [4.69, 9.17) is 11.6 Å². The van der Waals surface area contributed by atoms with Crippen molar-refractivity contribution in [1.82, 2.24) is 9.88 Å². The first kappa shape index (κ1) is 11.4. The zero-order chi connectivity index (χ0) is 11.5. The summed E-state index contributed by atoms with van der Waals surface area (Å²) in [5, 5.41) is 0.607. The number of anilines is 1. The minimum Gasteiger partial charge on any atom is -0.368 e. The highest BCUT2D eigenvalue weighted by Crippen LogP contribution is 2.26. The minimum atomic E-state index is 0.429. The summed E-state index contributed by atoms with van der Waals surface area (Å²) in [6.07, 6.45) is 2.29. The highest BCUT2D eigenvalue weighted by molar-refractivity contribution is 6.33. The molecular formula is C11H14ClN3O. The molecule has 86 valence electrons. The molecule has 0 bridgehead atoms. The van der Waals surface area contributed by atoms with E-state index in [1.165, 1.54) is 0 Å². The van der Waals surface area contributed by atoms with E-state index in [-0.39, 0.29) is 0 Å². The maximum absolute atomic E-state index is 10.7. The zero-order valence-corrected chi connectivity index (χ0v) is 9.94. The highest BCUT2D eigenvalue weighted by atomic mass is 35.5. The highest BCUT2D eigenvalue weighted by Gasteiger charge is 2.17. The van der Waals surface area contributed by atoms with Gasteiger partial charge < -0.3 is 9.80 Å². The van der Waals surface area contributed by atoms with Gasteiger partial charge in [-0.05, 0) is 13.1 Å². The molecule has 2 rings (SSSR count). The summed E-state index contributed by atoms with van der Waals surface area (Å²) in [6.45, 7) is 3.88. The Labute approximate surface area is 99.8 Å². The van der Waals surface area contributed by atoms with Gasteiger partial charge in [0.1, 0.15) is 5.69 Å². The van der Waals surface area contributed by atoms with Gasteiger partial charge in [-0.25, -0.2) is 0 Å². The number of pyridine rings is 1. The quantitative estimate of drug-likeness (QED) is 0.729. The number of nitrogens with zero attached hydrogens (tertiary/aromatic N) is 3. The second-order valence-electron chi connectivity index (χ2n) is 3.97. The molecular weight excluding hydrogens is 226 g/mol. The summed E-state index contributed by atoms with van der Waals surface area (Å²) in [6, 6.07) is 1.75. The lowest BCUT2D eigenvalue weighted by atomic mass is 10.2. The SMILES string of the molecule is CN1CCN(c2cc(C=O)ncc2Cl)CC1. The van der Waals surface area contributed by atoms with E-state index in [2.05, 4.69) is 21.8 Å². The number of rotatable bonds is 2. The molecule has 0 radical (unpaired) electrons. The lowest BCUT2D eigenvalue weighted by molar-refractivity contribution is 0.111. The largest absolute Gasteiger partial charge is 0.368 e. The molecule has 1 aliphatic heterocycles. The van der Waals surface area contributed by atoms with Gasteiger partial charge in [0.2, 0.25) is 0 Å². The molecule has 1 aromatic rings. The summed E-state index contributed by atoms with van der Waals surface area (Å²) in [4.78, 5) is 19.1. The maximum atomic E-state index is 10.7. The van der Waals surface area contributed by atoms with Gasteiger partial charge in [-0.15, -0.1) is 0 Å². The summed E-state index contributed by atoms with van der Waals surface area (Å²) in [5.41, 5.74) is 1.34. The number of carbonyl (C=O) groups excluding carboxylic acids is 1. The molecule has 16 heavy (non-hydrogen) atoms. The summed E-state index contributed by atoms with van der Waals surface area (Å²) < 4.78 is 0. The summed E-state index contributed by atoms with van der Waals surface area (Å²) in [7, 11) is 2.10. The smallest absolute Gasteiger partial charge is 0.168 e. The summed E-state index contributed by atoms with van der Waals surface area (Å²) >= 11 is 6.09. The molecule has 0 N–H and O–H groups in total. The van der Waals surface area contributed by atoms with E-state index in [0.29, 0.717) is 10.7 Å². The molecule has 1 saturated heterocycles. The predicted octanol–water partition coefficient (Wildman–Crippen LogP) is 1.30. The van der Waals surface area contributed by atoms with Gasteiger partial charge in [-0.1, -0.05) is 11.6 Å². The molecule has 5 heteroatoms. The Morgan fingerprint density at radius 1 is 1.38 bits per heavy atom. The van der Waals surface area contributed by atoms with Crippen LogP contribution in [0.1, 0.15) is 10.5 Å². The van der Waals surface area contributed by atoms with Gasteiger partial charge in [0.25, 0.3) is 0 Å². The normalized spacial score (nSPS) is 17.5. The molecule has 1 fully saturated rings. The fourth-order valence-corrected chi connectivity index (χ4v) is 2.02. The first-order chi connectivity index (χ1) is 7.70. The number of hydrogen-bond donors (Lipinski definition) is 0. The minimum absolute atomic E-state index is 0.429. The van der Waals surface area contributed by atoms with Gasteiger partial charge in [-0.2, -0.15) is 0 Å². The number of hydrogen-bond acceptors (Lipinski definition) is 4. The van der Waals surface area contributed by atoms with Gasteiger partial charge >= 0.3 is 0 Å². The van der Waals surface area contributed by atoms with Crippen molar-refractivity contribution < 1.29 is 4.79 Å². The number of aromatic nitrogens is 1. The molecule has 4 nitrogen and oxygen atoms in total. The van der Waals surface area contributed by atoms with Crippen LogP contribution in [0.4, 0.5) is 5.69 Å². The van der Waals surface area contributed by atoms with Crippen LogP contribution in [0.3, 0.4) is 0 Å². The second kappa shape index (κ2) is 4.80. The molecule has 0 aromatic carbocycles. The van der Waals surface area contributed by atoms with Crippen LogP contribution >= 0.6 is 11.6 Å². The van der Waals surface area contributed by atoms with E-state index in [1.807, 2.05) is 0 Å². The van der Waals surface area contributed by atoms with E-state index in [1.54, 1.807) is 12.3 Å². The maximum Gasteiger partial charge on any atom is 0.168 e. The van der Waals surface area contributed by atoms with E-state index < -0.39 is 0 Å². The lowest BCUT2D eigenvalue weighted by Crippen LogP contribution is -2.44. The van der Waals surface area contributed by atoms with E-state index in [0.717, 1.165) is 38.2 Å². The Hall–Kier alpha value is -1.13. The van der Waals surface area contributed by atoms with Crippen LogP contribution < -0.4 is 4.90 Å². The lowest BCUT2D eigenvalue weighted by Gasteiger charge is -2.34. The van der Waals surface area contributed by atoms with Crippen LogP contribution in [0.2, 0.25) is 5.02 Å². The van der Waals surface area contributed by atoms with Crippen LogP contribution in [-0.4, -0.2) is 49.4 Å². The van der Waals surface area contributed by atoms with Gasteiger partial charge in [0.05, 0.1) is 10.7 Å². The van der Waals surface area contributed by atoms with Crippen LogP contribution in [0.5, 0.6) is 0 Å². The molecule has 1 aromatic heterocycles.